The van der Waals surface area contributed by atoms with Crippen LogP contribution in [0.25, 0.3) is 0 Å². The summed E-state index contributed by atoms with van der Waals surface area (Å²) in [5.74, 6) is 0.0107. The van der Waals surface area contributed by atoms with Gasteiger partial charge in [-0.25, -0.2) is 19.2 Å². The van der Waals surface area contributed by atoms with Gasteiger partial charge in [-0.05, 0) is 49.4 Å². The van der Waals surface area contributed by atoms with Crippen LogP contribution in [-0.4, -0.2) is 65.2 Å². The number of halogens is 2. The Kier molecular flexibility index (Phi) is 7.12. The van der Waals surface area contributed by atoms with Crippen LogP contribution in [0.2, 0.25) is 5.02 Å². The first kappa shape index (κ1) is 23.9. The molecule has 3 aliphatic rings. The van der Waals surface area contributed by atoms with E-state index >= 15 is 0 Å². The molecule has 4 heterocycles. The number of carbonyl (C=O) groups excluding carboxylic acids is 1. The van der Waals surface area contributed by atoms with Gasteiger partial charge in [0.2, 0.25) is 5.95 Å². The number of hydrogen-bond acceptors (Lipinski definition) is 7. The average molecular weight is 503 g/mol. The second kappa shape index (κ2) is 10.4. The molecule has 3 atom stereocenters. The summed E-state index contributed by atoms with van der Waals surface area (Å²) in [7, 11) is 0. The predicted octanol–water partition coefficient (Wildman–Crippen LogP) is 3.48. The minimum atomic E-state index is -0.625. The lowest BCUT2D eigenvalue weighted by molar-refractivity contribution is 0.0424. The Balaban J connectivity index is 1.30. The third-order valence-electron chi connectivity index (χ3n) is 6.49. The fraction of sp³-hybridized carbons (Fsp3) is 0.500. The number of carbonyl (C=O) groups is 1. The van der Waals surface area contributed by atoms with Gasteiger partial charge >= 0.3 is 6.03 Å². The molecule has 0 radical (unpaired) electrons. The summed E-state index contributed by atoms with van der Waals surface area (Å²) < 4.78 is 25.5. The lowest BCUT2D eigenvalue weighted by atomic mass is 10.0. The SMILES string of the molecule is CC1N=CC(C(NC(=O)N2CCc3cnc(NC4CCOCC4)nc3C2)c2ccc(Cl)c(F)c2)O1. The molecule has 3 unspecified atom stereocenters. The second-order valence-electron chi connectivity index (χ2n) is 8.97. The number of fused-ring (bicyclic) bond motifs is 1. The lowest BCUT2D eigenvalue weighted by Gasteiger charge is -2.32. The maximum Gasteiger partial charge on any atom is 0.318 e. The standard InChI is InChI=1S/C24H28ClFN6O3/c1-14-27-12-21(35-14)22(15-2-3-18(25)19(26)10-15)31-24(33)32-7-4-16-11-28-23(30-20(16)13-32)29-17-5-8-34-9-6-17/h2-3,10-12,14,17,21-22H,4-9,13H2,1H3,(H,31,33)(H,28,29,30). The van der Waals surface area contributed by atoms with Crippen molar-refractivity contribution in [1.82, 2.24) is 20.2 Å². The monoisotopic (exact) mass is 502 g/mol. The van der Waals surface area contributed by atoms with E-state index in [0.29, 0.717) is 31.0 Å². The Labute approximate surface area is 208 Å². The van der Waals surface area contributed by atoms with Gasteiger partial charge in [-0.3, -0.25) is 4.99 Å². The van der Waals surface area contributed by atoms with E-state index in [4.69, 9.17) is 26.1 Å². The van der Waals surface area contributed by atoms with E-state index in [1.54, 1.807) is 17.2 Å². The fourth-order valence-electron chi connectivity index (χ4n) is 4.52. The van der Waals surface area contributed by atoms with Crippen LogP contribution in [0.1, 0.15) is 42.6 Å². The van der Waals surface area contributed by atoms with E-state index in [9.17, 15) is 9.18 Å². The second-order valence-corrected chi connectivity index (χ2v) is 9.37. The summed E-state index contributed by atoms with van der Waals surface area (Å²) >= 11 is 5.87. The number of benzene rings is 1. The van der Waals surface area contributed by atoms with E-state index in [2.05, 4.69) is 20.6 Å². The molecule has 2 amide bonds. The van der Waals surface area contributed by atoms with Crippen molar-refractivity contribution in [3.63, 3.8) is 0 Å². The van der Waals surface area contributed by atoms with Crippen LogP contribution in [0.3, 0.4) is 0 Å². The van der Waals surface area contributed by atoms with Crippen LogP contribution >= 0.6 is 11.6 Å². The Morgan fingerprint density at radius 3 is 2.89 bits per heavy atom. The van der Waals surface area contributed by atoms with Crippen molar-refractivity contribution in [3.8, 4) is 0 Å². The van der Waals surface area contributed by atoms with Gasteiger partial charge in [-0.1, -0.05) is 17.7 Å². The largest absolute Gasteiger partial charge is 0.381 e. The van der Waals surface area contributed by atoms with Crippen molar-refractivity contribution in [2.24, 2.45) is 4.99 Å². The number of anilines is 1. The molecule has 2 aromatic rings. The summed E-state index contributed by atoms with van der Waals surface area (Å²) in [6.45, 7) is 4.13. The highest BCUT2D eigenvalue weighted by Crippen LogP contribution is 2.27. The highest BCUT2D eigenvalue weighted by Gasteiger charge is 2.32. The quantitative estimate of drug-likeness (QED) is 0.649. The number of aliphatic imine (C=N–C) groups is 1. The van der Waals surface area contributed by atoms with Gasteiger partial charge in [0.25, 0.3) is 0 Å². The predicted molar refractivity (Wildman–Crippen MR) is 129 cm³/mol. The number of urea groups is 1. The first-order valence-corrected chi connectivity index (χ1v) is 12.2. The molecule has 1 aromatic carbocycles. The first-order chi connectivity index (χ1) is 17.0. The molecular formula is C24H28ClFN6O3. The van der Waals surface area contributed by atoms with Crippen LogP contribution in [0.15, 0.2) is 29.4 Å². The van der Waals surface area contributed by atoms with E-state index in [-0.39, 0.29) is 23.3 Å². The van der Waals surface area contributed by atoms with Crippen LogP contribution in [-0.2, 0) is 22.4 Å². The number of hydrogen-bond donors (Lipinski definition) is 2. The van der Waals surface area contributed by atoms with Crippen LogP contribution in [0.4, 0.5) is 15.1 Å². The van der Waals surface area contributed by atoms with Crippen molar-refractivity contribution < 1.29 is 18.7 Å². The maximum absolute atomic E-state index is 14.2. The molecule has 3 aliphatic heterocycles. The topological polar surface area (TPSA) is 101 Å². The van der Waals surface area contributed by atoms with Gasteiger partial charge in [0.05, 0.1) is 23.3 Å². The molecule has 186 valence electrons. The summed E-state index contributed by atoms with van der Waals surface area (Å²) in [6, 6.07) is 3.85. The Hall–Kier alpha value is -2.82. The Bertz CT molecular complexity index is 1110. The van der Waals surface area contributed by atoms with Crippen LogP contribution in [0, 0.1) is 5.82 Å². The molecule has 11 heteroatoms. The molecule has 1 fully saturated rings. The number of ether oxygens (including phenoxy) is 2. The van der Waals surface area contributed by atoms with Crippen molar-refractivity contribution >= 4 is 29.8 Å². The van der Waals surface area contributed by atoms with Gasteiger partial charge in [0.1, 0.15) is 18.1 Å². The molecule has 35 heavy (non-hydrogen) atoms. The number of rotatable bonds is 5. The van der Waals surface area contributed by atoms with Gasteiger partial charge in [-0.2, -0.15) is 0 Å². The minimum absolute atomic E-state index is 0.0192. The number of aromatic nitrogens is 2. The summed E-state index contributed by atoms with van der Waals surface area (Å²) in [6.07, 6.45) is 5.09. The number of nitrogens with one attached hydrogen (secondary N) is 2. The van der Waals surface area contributed by atoms with Crippen molar-refractivity contribution in [2.75, 3.05) is 25.1 Å². The lowest BCUT2D eigenvalue weighted by Crippen LogP contribution is -2.47. The molecule has 0 aliphatic carbocycles. The third-order valence-corrected chi connectivity index (χ3v) is 6.80. The van der Waals surface area contributed by atoms with Crippen LogP contribution < -0.4 is 10.6 Å². The van der Waals surface area contributed by atoms with Crippen molar-refractivity contribution in [1.29, 1.82) is 0 Å². The number of amides is 2. The highest BCUT2D eigenvalue weighted by atomic mass is 35.5. The van der Waals surface area contributed by atoms with Gasteiger partial charge in [0, 0.05) is 38.2 Å². The molecule has 1 aromatic heterocycles. The van der Waals surface area contributed by atoms with Crippen molar-refractivity contribution in [3.05, 3.63) is 52.1 Å². The Morgan fingerprint density at radius 1 is 1.31 bits per heavy atom. The summed E-state index contributed by atoms with van der Waals surface area (Å²) in [5, 5.41) is 6.41. The number of nitrogens with zero attached hydrogens (tertiary/aromatic N) is 4. The first-order valence-electron chi connectivity index (χ1n) is 11.8. The van der Waals surface area contributed by atoms with Gasteiger partial charge in [-0.15, -0.1) is 0 Å². The minimum Gasteiger partial charge on any atom is -0.381 e. The average Bonchev–Trinajstić information content (AvgIpc) is 3.30. The van der Waals surface area contributed by atoms with E-state index in [1.165, 1.54) is 12.1 Å². The maximum atomic E-state index is 14.2. The smallest absolute Gasteiger partial charge is 0.318 e. The van der Waals surface area contributed by atoms with E-state index in [0.717, 1.165) is 37.3 Å². The Morgan fingerprint density at radius 2 is 2.14 bits per heavy atom. The zero-order valence-corrected chi connectivity index (χ0v) is 20.2. The zero-order chi connectivity index (χ0) is 24.4. The zero-order valence-electron chi connectivity index (χ0n) is 19.4. The van der Waals surface area contributed by atoms with Gasteiger partial charge < -0.3 is 25.0 Å². The van der Waals surface area contributed by atoms with Crippen molar-refractivity contribution in [2.45, 2.75) is 57.1 Å². The fourth-order valence-corrected chi connectivity index (χ4v) is 4.64. The molecule has 0 spiro atoms. The summed E-state index contributed by atoms with van der Waals surface area (Å²) in [4.78, 5) is 28.4. The molecule has 0 saturated carbocycles. The third kappa shape index (κ3) is 5.55. The molecular weight excluding hydrogens is 475 g/mol. The van der Waals surface area contributed by atoms with E-state index < -0.39 is 18.0 Å². The summed E-state index contributed by atoms with van der Waals surface area (Å²) in [5.41, 5.74) is 2.40. The molecule has 0 bridgehead atoms. The normalized spacial score (nSPS) is 23.1. The molecule has 1 saturated heterocycles. The molecule has 2 N–H and O–H groups in total. The van der Waals surface area contributed by atoms with Crippen LogP contribution in [0.5, 0.6) is 0 Å². The highest BCUT2D eigenvalue weighted by molar-refractivity contribution is 6.30. The molecule has 5 rings (SSSR count). The molecule has 9 nitrogen and oxygen atoms in total. The van der Waals surface area contributed by atoms with Gasteiger partial charge in [0.15, 0.2) is 0 Å². The van der Waals surface area contributed by atoms with E-state index in [1.807, 2.05) is 13.1 Å².